The van der Waals surface area contributed by atoms with E-state index >= 15 is 0 Å². The average molecular weight is 284 g/mol. The molecule has 1 heterocycles. The van der Waals surface area contributed by atoms with E-state index in [2.05, 4.69) is 15.9 Å². The van der Waals surface area contributed by atoms with Gasteiger partial charge in [-0.05, 0) is 28.1 Å². The van der Waals surface area contributed by atoms with Crippen molar-refractivity contribution < 1.29 is 8.42 Å². The highest BCUT2D eigenvalue weighted by Gasteiger charge is 2.14. The standard InChI is InChI=1S/C7H10BrNO2S2/c1-13(10,11)4-5(9)6-2-3-7(8)12-6/h2-3,5H,4,9H2,1H3/t5-/m1/s1. The molecule has 3 nitrogen and oxygen atoms in total. The van der Waals surface area contributed by atoms with Crippen molar-refractivity contribution in [1.29, 1.82) is 0 Å². The molecule has 0 aliphatic heterocycles. The Morgan fingerprint density at radius 1 is 1.62 bits per heavy atom. The van der Waals surface area contributed by atoms with Crippen LogP contribution in [-0.4, -0.2) is 20.4 Å². The third kappa shape index (κ3) is 3.76. The molecule has 0 spiro atoms. The van der Waals surface area contributed by atoms with Crippen LogP contribution in [0.15, 0.2) is 15.9 Å². The van der Waals surface area contributed by atoms with Crippen LogP contribution in [0.4, 0.5) is 0 Å². The number of rotatable bonds is 3. The Kier molecular flexibility index (Phi) is 3.50. The van der Waals surface area contributed by atoms with Crippen LogP contribution in [0, 0.1) is 0 Å². The number of nitrogens with two attached hydrogens (primary N) is 1. The highest BCUT2D eigenvalue weighted by molar-refractivity contribution is 9.11. The normalized spacial score (nSPS) is 14.4. The van der Waals surface area contributed by atoms with Gasteiger partial charge in [0.1, 0.15) is 9.84 Å². The molecule has 0 aliphatic carbocycles. The predicted molar refractivity (Wildman–Crippen MR) is 58.7 cm³/mol. The Morgan fingerprint density at radius 3 is 2.62 bits per heavy atom. The van der Waals surface area contributed by atoms with Crippen LogP contribution >= 0.6 is 27.3 Å². The first-order valence-electron chi connectivity index (χ1n) is 3.57. The molecule has 0 bridgehead atoms. The van der Waals surface area contributed by atoms with Crippen molar-refractivity contribution in [2.45, 2.75) is 6.04 Å². The maximum atomic E-state index is 10.9. The van der Waals surface area contributed by atoms with Crippen LogP contribution in [0.3, 0.4) is 0 Å². The van der Waals surface area contributed by atoms with Gasteiger partial charge in [0.25, 0.3) is 0 Å². The predicted octanol–water partition coefficient (Wildman–Crippen LogP) is 1.55. The summed E-state index contributed by atoms with van der Waals surface area (Å²) in [7, 11) is -3.00. The molecule has 1 aromatic rings. The van der Waals surface area contributed by atoms with Crippen LogP contribution in [0.5, 0.6) is 0 Å². The quantitative estimate of drug-likeness (QED) is 0.916. The van der Waals surface area contributed by atoms with E-state index in [0.29, 0.717) is 0 Å². The number of thiophene rings is 1. The second-order valence-corrected chi connectivity index (χ2v) is 7.52. The smallest absolute Gasteiger partial charge is 0.149 e. The molecule has 13 heavy (non-hydrogen) atoms. The van der Waals surface area contributed by atoms with Crippen molar-refractivity contribution >= 4 is 37.1 Å². The number of halogens is 1. The molecular weight excluding hydrogens is 274 g/mol. The monoisotopic (exact) mass is 283 g/mol. The number of hydrogen-bond acceptors (Lipinski definition) is 4. The molecule has 0 radical (unpaired) electrons. The van der Waals surface area contributed by atoms with Gasteiger partial charge >= 0.3 is 0 Å². The molecule has 1 atom stereocenters. The van der Waals surface area contributed by atoms with E-state index in [9.17, 15) is 8.42 Å². The highest BCUT2D eigenvalue weighted by Crippen LogP contribution is 2.26. The van der Waals surface area contributed by atoms with Gasteiger partial charge in [-0.2, -0.15) is 0 Å². The van der Waals surface area contributed by atoms with E-state index in [1.54, 1.807) is 0 Å². The van der Waals surface area contributed by atoms with E-state index in [-0.39, 0.29) is 5.75 Å². The molecule has 0 saturated heterocycles. The molecule has 0 unspecified atom stereocenters. The zero-order valence-corrected chi connectivity index (χ0v) is 10.2. The van der Waals surface area contributed by atoms with Crippen LogP contribution < -0.4 is 5.73 Å². The van der Waals surface area contributed by atoms with Gasteiger partial charge in [-0.25, -0.2) is 8.42 Å². The zero-order chi connectivity index (χ0) is 10.1. The molecule has 0 aromatic carbocycles. The van der Waals surface area contributed by atoms with Crippen molar-refractivity contribution in [3.05, 3.63) is 20.8 Å². The Balaban J connectivity index is 2.75. The summed E-state index contributed by atoms with van der Waals surface area (Å²) in [6.45, 7) is 0. The Hall–Kier alpha value is 0.0900. The first kappa shape index (κ1) is 11.2. The minimum atomic E-state index is -3.00. The van der Waals surface area contributed by atoms with Gasteiger partial charge < -0.3 is 5.73 Å². The van der Waals surface area contributed by atoms with Crippen LogP contribution in [0.25, 0.3) is 0 Å². The molecule has 1 aromatic heterocycles. The Bertz CT molecular complexity index is 385. The molecule has 1 rings (SSSR count). The zero-order valence-electron chi connectivity index (χ0n) is 7.03. The Labute approximate surface area is 90.0 Å². The molecule has 6 heteroatoms. The third-order valence-corrected chi connectivity index (χ3v) is 4.16. The van der Waals surface area contributed by atoms with Gasteiger partial charge in [0.2, 0.25) is 0 Å². The van der Waals surface area contributed by atoms with E-state index in [0.717, 1.165) is 8.66 Å². The fourth-order valence-electron chi connectivity index (χ4n) is 0.936. The maximum absolute atomic E-state index is 10.9. The van der Waals surface area contributed by atoms with Gasteiger partial charge in [-0.1, -0.05) is 0 Å². The van der Waals surface area contributed by atoms with Crippen molar-refractivity contribution in [2.75, 3.05) is 12.0 Å². The van der Waals surface area contributed by atoms with Gasteiger partial charge in [-0.3, -0.25) is 0 Å². The summed E-state index contributed by atoms with van der Waals surface area (Å²) in [5.74, 6) is -0.0000463. The highest BCUT2D eigenvalue weighted by atomic mass is 79.9. The summed E-state index contributed by atoms with van der Waals surface area (Å²) < 4.78 is 22.8. The molecular formula is C7H10BrNO2S2. The average Bonchev–Trinajstić information content (AvgIpc) is 2.31. The van der Waals surface area contributed by atoms with Crippen LogP contribution in [0.2, 0.25) is 0 Å². The molecule has 2 N–H and O–H groups in total. The third-order valence-electron chi connectivity index (χ3n) is 1.44. The summed E-state index contributed by atoms with van der Waals surface area (Å²) >= 11 is 4.76. The molecule has 0 fully saturated rings. The SMILES string of the molecule is CS(=O)(=O)C[C@@H](N)c1ccc(Br)s1. The van der Waals surface area contributed by atoms with E-state index in [1.807, 2.05) is 12.1 Å². The number of hydrogen-bond donors (Lipinski definition) is 1. The van der Waals surface area contributed by atoms with E-state index < -0.39 is 15.9 Å². The van der Waals surface area contributed by atoms with Gasteiger partial charge in [0.15, 0.2) is 0 Å². The lowest BCUT2D eigenvalue weighted by Crippen LogP contribution is -2.19. The lowest BCUT2D eigenvalue weighted by Gasteiger charge is -2.06. The van der Waals surface area contributed by atoms with E-state index in [4.69, 9.17) is 5.73 Å². The topological polar surface area (TPSA) is 60.2 Å². The summed E-state index contributed by atoms with van der Waals surface area (Å²) in [4.78, 5) is 0.886. The van der Waals surface area contributed by atoms with Crippen LogP contribution in [0.1, 0.15) is 10.9 Å². The minimum absolute atomic E-state index is 0.0000463. The van der Waals surface area contributed by atoms with Crippen molar-refractivity contribution in [3.8, 4) is 0 Å². The molecule has 0 amide bonds. The summed E-state index contributed by atoms with van der Waals surface area (Å²) in [6, 6.07) is 3.29. The van der Waals surface area contributed by atoms with Gasteiger partial charge in [0, 0.05) is 11.1 Å². The Morgan fingerprint density at radius 2 is 2.23 bits per heavy atom. The lowest BCUT2D eigenvalue weighted by atomic mass is 10.3. The second kappa shape index (κ2) is 4.08. The molecule has 0 saturated carbocycles. The lowest BCUT2D eigenvalue weighted by molar-refractivity contribution is 0.595. The largest absolute Gasteiger partial charge is 0.322 e. The van der Waals surface area contributed by atoms with Gasteiger partial charge in [-0.15, -0.1) is 11.3 Å². The fourth-order valence-corrected chi connectivity index (χ4v) is 3.30. The van der Waals surface area contributed by atoms with Gasteiger partial charge in [0.05, 0.1) is 15.6 Å². The fraction of sp³-hybridized carbons (Fsp3) is 0.429. The van der Waals surface area contributed by atoms with Crippen molar-refractivity contribution in [3.63, 3.8) is 0 Å². The summed E-state index contributed by atoms with van der Waals surface area (Å²) in [5, 5.41) is 0. The molecule has 74 valence electrons. The van der Waals surface area contributed by atoms with E-state index in [1.165, 1.54) is 17.6 Å². The van der Waals surface area contributed by atoms with Crippen molar-refractivity contribution in [1.82, 2.24) is 0 Å². The first-order chi connectivity index (χ1) is 5.88. The first-order valence-corrected chi connectivity index (χ1v) is 7.24. The van der Waals surface area contributed by atoms with Crippen LogP contribution in [-0.2, 0) is 9.84 Å². The molecule has 0 aliphatic rings. The summed E-state index contributed by atoms with van der Waals surface area (Å²) in [6.07, 6.45) is 1.19. The minimum Gasteiger partial charge on any atom is -0.322 e. The van der Waals surface area contributed by atoms with Crippen molar-refractivity contribution in [2.24, 2.45) is 5.73 Å². The summed E-state index contributed by atoms with van der Waals surface area (Å²) in [5.41, 5.74) is 5.70. The number of sulfone groups is 1. The second-order valence-electron chi connectivity index (χ2n) is 2.84. The maximum Gasteiger partial charge on any atom is 0.149 e.